The number of nitrogens with one attached hydrogen (secondary N) is 2. The lowest BCUT2D eigenvalue weighted by molar-refractivity contribution is -0.120. The minimum absolute atomic E-state index is 0.161. The highest BCUT2D eigenvalue weighted by molar-refractivity contribution is 5.99. The minimum atomic E-state index is -0.773. The first-order valence-corrected chi connectivity index (χ1v) is 7.95. The molecule has 0 aromatic heterocycles. The molecule has 6 nitrogen and oxygen atoms in total. The molecule has 0 unspecified atom stereocenters. The highest BCUT2D eigenvalue weighted by Crippen LogP contribution is 2.36. The van der Waals surface area contributed by atoms with Gasteiger partial charge in [-0.25, -0.2) is 0 Å². The fraction of sp³-hybridized carbons (Fsp3) is 0.263. The van der Waals surface area contributed by atoms with E-state index in [-0.39, 0.29) is 18.6 Å². The summed E-state index contributed by atoms with van der Waals surface area (Å²) in [5.74, 6) is 1.00. The first-order chi connectivity index (χ1) is 11.9. The van der Waals surface area contributed by atoms with Crippen molar-refractivity contribution in [2.24, 2.45) is 0 Å². The van der Waals surface area contributed by atoms with Crippen molar-refractivity contribution >= 4 is 23.2 Å². The Kier molecular flexibility index (Phi) is 4.35. The van der Waals surface area contributed by atoms with Crippen LogP contribution in [0.4, 0.5) is 11.4 Å². The molecule has 1 aliphatic rings. The van der Waals surface area contributed by atoms with E-state index in [9.17, 15) is 9.59 Å². The second kappa shape index (κ2) is 6.47. The van der Waals surface area contributed by atoms with E-state index in [1.165, 1.54) is 6.92 Å². The summed E-state index contributed by atoms with van der Waals surface area (Å²) in [7, 11) is 0. The lowest BCUT2D eigenvalue weighted by Crippen LogP contribution is -2.34. The van der Waals surface area contributed by atoms with Crippen LogP contribution in [0.3, 0.4) is 0 Å². The van der Waals surface area contributed by atoms with Crippen molar-refractivity contribution in [2.45, 2.75) is 26.2 Å². The topological polar surface area (TPSA) is 76.7 Å². The molecule has 0 aliphatic carbocycles. The summed E-state index contributed by atoms with van der Waals surface area (Å²) >= 11 is 0. The van der Waals surface area contributed by atoms with Crippen LogP contribution in [-0.4, -0.2) is 18.6 Å². The summed E-state index contributed by atoms with van der Waals surface area (Å²) in [6.45, 7) is 5.32. The molecule has 0 radical (unpaired) electrons. The zero-order valence-electron chi connectivity index (χ0n) is 14.4. The summed E-state index contributed by atoms with van der Waals surface area (Å²) in [5.41, 5.74) is 1.30. The Morgan fingerprint density at radius 1 is 0.960 bits per heavy atom. The van der Waals surface area contributed by atoms with Crippen LogP contribution in [0.5, 0.6) is 11.5 Å². The van der Waals surface area contributed by atoms with Crippen LogP contribution >= 0.6 is 0 Å². The molecular formula is C19H20N2O4. The first-order valence-electron chi connectivity index (χ1n) is 7.95. The van der Waals surface area contributed by atoms with Crippen molar-refractivity contribution < 1.29 is 19.1 Å². The fourth-order valence-electron chi connectivity index (χ4n) is 2.58. The van der Waals surface area contributed by atoms with Gasteiger partial charge in [0.1, 0.15) is 0 Å². The largest absolute Gasteiger partial charge is 0.454 e. The first kappa shape index (κ1) is 16.8. The molecule has 2 N–H and O–H groups in total. The average molecular weight is 340 g/mol. The molecular weight excluding hydrogens is 320 g/mol. The fourth-order valence-corrected chi connectivity index (χ4v) is 2.58. The van der Waals surface area contributed by atoms with Crippen LogP contribution in [0.2, 0.25) is 0 Å². The number of hydrogen-bond donors (Lipinski definition) is 2. The van der Waals surface area contributed by atoms with E-state index >= 15 is 0 Å². The van der Waals surface area contributed by atoms with Crippen molar-refractivity contribution in [3.05, 3.63) is 48.0 Å². The summed E-state index contributed by atoms with van der Waals surface area (Å²) in [6.07, 6.45) is 0. The minimum Gasteiger partial charge on any atom is -0.454 e. The molecule has 25 heavy (non-hydrogen) atoms. The Morgan fingerprint density at radius 2 is 1.64 bits per heavy atom. The highest BCUT2D eigenvalue weighted by atomic mass is 16.7. The van der Waals surface area contributed by atoms with Gasteiger partial charge in [0.2, 0.25) is 18.6 Å². The Morgan fingerprint density at radius 3 is 2.36 bits per heavy atom. The molecule has 6 heteroatoms. The number of hydrogen-bond acceptors (Lipinski definition) is 4. The maximum atomic E-state index is 12.8. The number of ether oxygens (including phenoxy) is 2. The van der Waals surface area contributed by atoms with E-state index < -0.39 is 5.41 Å². The maximum absolute atomic E-state index is 12.8. The lowest BCUT2D eigenvalue weighted by Gasteiger charge is -2.24. The van der Waals surface area contributed by atoms with Gasteiger partial charge in [-0.3, -0.25) is 9.59 Å². The summed E-state index contributed by atoms with van der Waals surface area (Å²) in [6, 6.07) is 12.5. The number of benzene rings is 2. The zero-order valence-corrected chi connectivity index (χ0v) is 14.4. The van der Waals surface area contributed by atoms with Gasteiger partial charge in [0, 0.05) is 18.3 Å². The molecule has 2 aromatic rings. The Balaban J connectivity index is 1.79. The third kappa shape index (κ3) is 3.57. The molecule has 0 spiro atoms. The van der Waals surface area contributed by atoms with E-state index in [4.69, 9.17) is 9.47 Å². The van der Waals surface area contributed by atoms with Crippen molar-refractivity contribution in [2.75, 3.05) is 17.4 Å². The normalized spacial score (nSPS) is 12.6. The van der Waals surface area contributed by atoms with E-state index in [1.54, 1.807) is 24.3 Å². The van der Waals surface area contributed by atoms with Crippen LogP contribution in [0.15, 0.2) is 42.5 Å². The van der Waals surface area contributed by atoms with Crippen molar-refractivity contribution in [3.63, 3.8) is 0 Å². The van der Waals surface area contributed by atoms with Crippen LogP contribution in [0.25, 0.3) is 0 Å². The molecule has 0 atom stereocenters. The lowest BCUT2D eigenvalue weighted by atomic mass is 9.83. The van der Waals surface area contributed by atoms with Crippen LogP contribution in [-0.2, 0) is 15.0 Å². The quantitative estimate of drug-likeness (QED) is 0.895. The van der Waals surface area contributed by atoms with Crippen molar-refractivity contribution in [1.82, 2.24) is 0 Å². The Hall–Kier alpha value is -3.02. The summed E-state index contributed by atoms with van der Waals surface area (Å²) in [4.78, 5) is 24.0. The maximum Gasteiger partial charge on any atom is 0.234 e. The van der Waals surface area contributed by atoms with E-state index in [2.05, 4.69) is 10.6 Å². The van der Waals surface area contributed by atoms with Gasteiger partial charge in [0.05, 0.1) is 5.41 Å². The molecule has 0 fully saturated rings. The van der Waals surface area contributed by atoms with Crippen molar-refractivity contribution in [1.29, 1.82) is 0 Å². The van der Waals surface area contributed by atoms with E-state index in [0.717, 1.165) is 5.56 Å². The molecule has 0 saturated heterocycles. The molecule has 2 amide bonds. The number of amides is 2. The van der Waals surface area contributed by atoms with Crippen LogP contribution < -0.4 is 20.1 Å². The highest BCUT2D eigenvalue weighted by Gasteiger charge is 2.31. The van der Waals surface area contributed by atoms with Crippen LogP contribution in [0.1, 0.15) is 26.3 Å². The molecule has 130 valence electrons. The van der Waals surface area contributed by atoms with Gasteiger partial charge in [-0.2, -0.15) is 0 Å². The monoisotopic (exact) mass is 340 g/mol. The van der Waals surface area contributed by atoms with Gasteiger partial charge in [-0.15, -0.1) is 0 Å². The molecule has 3 rings (SSSR count). The molecule has 2 aromatic carbocycles. The van der Waals surface area contributed by atoms with Crippen molar-refractivity contribution in [3.8, 4) is 11.5 Å². The number of rotatable bonds is 4. The average Bonchev–Trinajstić information content (AvgIpc) is 3.02. The SMILES string of the molecule is CC(=O)Nc1cccc(NC(=O)C(C)(C)c2ccc3c(c2)OCO3)c1. The molecule has 1 aliphatic heterocycles. The summed E-state index contributed by atoms with van der Waals surface area (Å²) < 4.78 is 10.7. The molecule has 1 heterocycles. The van der Waals surface area contributed by atoms with E-state index in [1.807, 2.05) is 32.0 Å². The predicted molar refractivity (Wildman–Crippen MR) is 95.0 cm³/mol. The third-order valence-electron chi connectivity index (χ3n) is 4.10. The van der Waals surface area contributed by atoms with Gasteiger partial charge in [-0.1, -0.05) is 12.1 Å². The third-order valence-corrected chi connectivity index (χ3v) is 4.10. The standard InChI is InChI=1S/C19H20N2O4/c1-12(22)20-14-5-4-6-15(10-14)21-18(23)19(2,3)13-7-8-16-17(9-13)25-11-24-16/h4-10H,11H2,1-3H3,(H,20,22)(H,21,23). The van der Waals surface area contributed by atoms with Gasteiger partial charge in [-0.05, 0) is 49.7 Å². The second-order valence-electron chi connectivity index (χ2n) is 6.41. The molecule has 0 saturated carbocycles. The Bertz CT molecular complexity index is 830. The van der Waals surface area contributed by atoms with E-state index in [0.29, 0.717) is 22.9 Å². The number of carbonyl (C=O) groups excluding carboxylic acids is 2. The number of anilines is 2. The smallest absolute Gasteiger partial charge is 0.234 e. The van der Waals surface area contributed by atoms with Gasteiger partial charge < -0.3 is 20.1 Å². The van der Waals surface area contributed by atoms with Crippen LogP contribution in [0, 0.1) is 0 Å². The summed E-state index contributed by atoms with van der Waals surface area (Å²) in [5, 5.41) is 5.60. The Labute approximate surface area is 146 Å². The molecule has 0 bridgehead atoms. The van der Waals surface area contributed by atoms with Gasteiger partial charge >= 0.3 is 0 Å². The number of fused-ring (bicyclic) bond motifs is 1. The van der Waals surface area contributed by atoms with Gasteiger partial charge in [0.25, 0.3) is 0 Å². The number of carbonyl (C=O) groups is 2. The predicted octanol–water partition coefficient (Wildman–Crippen LogP) is 3.29. The second-order valence-corrected chi connectivity index (χ2v) is 6.41. The zero-order chi connectivity index (χ0) is 18.0. The van der Waals surface area contributed by atoms with Gasteiger partial charge in [0.15, 0.2) is 11.5 Å².